The van der Waals surface area contributed by atoms with E-state index in [-0.39, 0.29) is 17.2 Å². The van der Waals surface area contributed by atoms with Crippen molar-refractivity contribution in [1.82, 2.24) is 14.3 Å². The van der Waals surface area contributed by atoms with Gasteiger partial charge < -0.3 is 10.2 Å². The highest BCUT2D eigenvalue weighted by molar-refractivity contribution is 7.99. The summed E-state index contributed by atoms with van der Waals surface area (Å²) in [5, 5.41) is 3.15. The first-order chi connectivity index (χ1) is 15.1. The van der Waals surface area contributed by atoms with Crippen molar-refractivity contribution in [2.75, 3.05) is 29.9 Å². The van der Waals surface area contributed by atoms with Crippen molar-refractivity contribution in [3.8, 4) is 0 Å². The number of anilines is 1. The van der Waals surface area contributed by atoms with Gasteiger partial charge in [0.05, 0.1) is 0 Å². The van der Waals surface area contributed by atoms with Gasteiger partial charge in [-0.05, 0) is 73.8 Å². The van der Waals surface area contributed by atoms with Crippen LogP contribution in [0.25, 0.3) is 5.65 Å². The van der Waals surface area contributed by atoms with E-state index in [1.165, 1.54) is 38.5 Å². The number of rotatable bonds is 4. The Morgan fingerprint density at radius 3 is 2.42 bits per heavy atom. The van der Waals surface area contributed by atoms with E-state index in [4.69, 9.17) is 0 Å². The molecule has 1 saturated heterocycles. The molecule has 4 bridgehead atoms. The topological polar surface area (TPSA) is 66.7 Å². The van der Waals surface area contributed by atoms with Gasteiger partial charge in [0, 0.05) is 37.2 Å². The predicted molar refractivity (Wildman–Crippen MR) is 122 cm³/mol. The van der Waals surface area contributed by atoms with Crippen LogP contribution in [-0.4, -0.2) is 50.7 Å². The minimum absolute atomic E-state index is 0.0187. The fraction of sp³-hybridized carbons (Fsp3) is 0.625. The molecule has 0 spiro atoms. The van der Waals surface area contributed by atoms with Gasteiger partial charge in [0.1, 0.15) is 17.2 Å². The fourth-order valence-corrected chi connectivity index (χ4v) is 8.08. The molecule has 6 nitrogen and oxygen atoms in total. The molecule has 7 rings (SSSR count). The molecule has 7 heteroatoms. The molecule has 0 radical (unpaired) electrons. The summed E-state index contributed by atoms with van der Waals surface area (Å²) in [6.07, 6.45) is 10.3. The van der Waals surface area contributed by atoms with E-state index in [1.807, 2.05) is 39.3 Å². The van der Waals surface area contributed by atoms with Crippen molar-refractivity contribution in [1.29, 1.82) is 0 Å². The lowest BCUT2D eigenvalue weighted by Crippen LogP contribution is -2.47. The van der Waals surface area contributed by atoms with Crippen molar-refractivity contribution in [2.24, 2.45) is 23.2 Å². The number of nitrogens with zero attached hydrogens (tertiary/aromatic N) is 3. The maximum atomic E-state index is 13.1. The highest BCUT2D eigenvalue weighted by Gasteiger charge is 2.51. The molecule has 3 heterocycles. The smallest absolute Gasteiger partial charge is 0.274 e. The summed E-state index contributed by atoms with van der Waals surface area (Å²) in [6.45, 7) is 1.54. The minimum atomic E-state index is -0.0187. The molecule has 1 aliphatic heterocycles. The van der Waals surface area contributed by atoms with Crippen LogP contribution in [0.3, 0.4) is 0 Å². The molecule has 2 aromatic rings. The van der Waals surface area contributed by atoms with E-state index in [1.54, 1.807) is 6.20 Å². The van der Waals surface area contributed by atoms with Crippen LogP contribution in [0.5, 0.6) is 0 Å². The van der Waals surface area contributed by atoms with E-state index in [2.05, 4.69) is 10.3 Å². The SMILES string of the molecule is O=C(CC12CC3CC(CC(C3)C1)C2)Nc1cccc2nc(C(=O)N3CCSCC3)cn12. The number of hydrogen-bond acceptors (Lipinski definition) is 4. The lowest BCUT2D eigenvalue weighted by atomic mass is 9.49. The van der Waals surface area contributed by atoms with Gasteiger partial charge in [0.15, 0.2) is 0 Å². The molecule has 5 aliphatic rings. The Kier molecular flexibility index (Phi) is 4.78. The Labute approximate surface area is 187 Å². The number of aromatic nitrogens is 2. The summed E-state index contributed by atoms with van der Waals surface area (Å²) >= 11 is 1.88. The molecule has 164 valence electrons. The average Bonchev–Trinajstić information content (AvgIpc) is 3.18. The average molecular weight is 439 g/mol. The van der Waals surface area contributed by atoms with Gasteiger partial charge in [-0.25, -0.2) is 4.98 Å². The second kappa shape index (κ2) is 7.54. The first-order valence-electron chi connectivity index (χ1n) is 11.7. The number of imidazole rings is 1. The van der Waals surface area contributed by atoms with Crippen LogP contribution in [0.2, 0.25) is 0 Å². The van der Waals surface area contributed by atoms with E-state index in [0.717, 1.165) is 42.3 Å². The van der Waals surface area contributed by atoms with Crippen LogP contribution in [-0.2, 0) is 4.79 Å². The van der Waals surface area contributed by atoms with Gasteiger partial charge in [-0.2, -0.15) is 11.8 Å². The monoisotopic (exact) mass is 438 g/mol. The maximum absolute atomic E-state index is 13.1. The zero-order valence-corrected chi connectivity index (χ0v) is 18.7. The molecule has 2 amide bonds. The molecule has 0 unspecified atom stereocenters. The van der Waals surface area contributed by atoms with Crippen LogP contribution < -0.4 is 5.32 Å². The molecule has 31 heavy (non-hydrogen) atoms. The summed E-state index contributed by atoms with van der Waals surface area (Å²) in [7, 11) is 0. The maximum Gasteiger partial charge on any atom is 0.274 e. The van der Waals surface area contributed by atoms with Crippen molar-refractivity contribution in [3.05, 3.63) is 30.1 Å². The van der Waals surface area contributed by atoms with Crippen LogP contribution in [0.4, 0.5) is 5.82 Å². The fourth-order valence-electron chi connectivity index (χ4n) is 7.18. The lowest BCUT2D eigenvalue weighted by Gasteiger charge is -2.56. The van der Waals surface area contributed by atoms with Crippen molar-refractivity contribution >= 4 is 35.0 Å². The third-order valence-corrected chi connectivity index (χ3v) is 8.92. The molecule has 0 aromatic carbocycles. The second-order valence-corrected chi connectivity index (χ2v) is 11.5. The Bertz CT molecular complexity index is 990. The van der Waals surface area contributed by atoms with Gasteiger partial charge in [-0.1, -0.05) is 6.07 Å². The molecular formula is C24H30N4O2S. The van der Waals surface area contributed by atoms with E-state index < -0.39 is 0 Å². The Balaban J connectivity index is 1.19. The van der Waals surface area contributed by atoms with Crippen molar-refractivity contribution in [2.45, 2.75) is 44.9 Å². The lowest BCUT2D eigenvalue weighted by molar-refractivity contribution is -0.124. The van der Waals surface area contributed by atoms with Crippen LogP contribution in [0, 0.1) is 23.2 Å². The molecular weight excluding hydrogens is 408 g/mol. The first kappa shape index (κ1) is 19.6. The van der Waals surface area contributed by atoms with E-state index in [9.17, 15) is 9.59 Å². The number of thioether (sulfide) groups is 1. The minimum Gasteiger partial charge on any atom is -0.336 e. The number of nitrogens with one attached hydrogen (secondary N) is 1. The number of fused-ring (bicyclic) bond motifs is 1. The third kappa shape index (κ3) is 3.65. The zero-order chi connectivity index (χ0) is 21.0. The molecule has 0 atom stereocenters. The standard InChI is InChI=1S/C24H30N4O2S/c29-22(14-24-11-16-8-17(12-24)10-18(9-16)13-24)26-21-3-1-2-20-25-19(15-28(20)21)23(30)27-4-6-31-7-5-27/h1-3,15-18H,4-14H2,(H,26,29). The quantitative estimate of drug-likeness (QED) is 0.782. The van der Waals surface area contributed by atoms with Gasteiger partial charge in [-0.15, -0.1) is 0 Å². The highest BCUT2D eigenvalue weighted by atomic mass is 32.2. The van der Waals surface area contributed by atoms with Crippen LogP contribution in [0.1, 0.15) is 55.4 Å². The highest BCUT2D eigenvalue weighted by Crippen LogP contribution is 2.61. The van der Waals surface area contributed by atoms with Gasteiger partial charge in [-0.3, -0.25) is 14.0 Å². The molecule has 4 aliphatic carbocycles. The molecule has 1 N–H and O–H groups in total. The summed E-state index contributed by atoms with van der Waals surface area (Å²) in [5.74, 6) is 5.27. The molecule has 2 aromatic heterocycles. The zero-order valence-electron chi connectivity index (χ0n) is 17.9. The number of amides is 2. The van der Waals surface area contributed by atoms with Gasteiger partial charge >= 0.3 is 0 Å². The van der Waals surface area contributed by atoms with Crippen LogP contribution in [0.15, 0.2) is 24.4 Å². The largest absolute Gasteiger partial charge is 0.336 e. The summed E-state index contributed by atoms with van der Waals surface area (Å²) in [4.78, 5) is 32.4. The van der Waals surface area contributed by atoms with Crippen LogP contribution >= 0.6 is 11.8 Å². The summed E-state index contributed by atoms with van der Waals surface area (Å²) in [6, 6.07) is 5.68. The normalized spacial score (nSPS) is 31.9. The first-order valence-corrected chi connectivity index (χ1v) is 12.9. The second-order valence-electron chi connectivity index (χ2n) is 10.3. The van der Waals surface area contributed by atoms with E-state index >= 15 is 0 Å². The Morgan fingerprint density at radius 1 is 1.06 bits per heavy atom. The van der Waals surface area contributed by atoms with Gasteiger partial charge in [0.2, 0.25) is 5.91 Å². The van der Waals surface area contributed by atoms with Crippen molar-refractivity contribution < 1.29 is 9.59 Å². The number of pyridine rings is 1. The predicted octanol–water partition coefficient (Wildman–Crippen LogP) is 4.07. The number of carbonyl (C=O) groups is 2. The van der Waals surface area contributed by atoms with E-state index in [0.29, 0.717) is 23.6 Å². The number of hydrogen-bond donors (Lipinski definition) is 1. The molecule has 5 fully saturated rings. The Morgan fingerprint density at radius 2 is 1.74 bits per heavy atom. The third-order valence-electron chi connectivity index (χ3n) is 7.98. The Hall–Kier alpha value is -2.02. The number of carbonyl (C=O) groups excluding carboxylic acids is 2. The van der Waals surface area contributed by atoms with Crippen molar-refractivity contribution in [3.63, 3.8) is 0 Å². The van der Waals surface area contributed by atoms with Gasteiger partial charge in [0.25, 0.3) is 5.91 Å². The summed E-state index contributed by atoms with van der Waals surface area (Å²) in [5.41, 5.74) is 1.37. The summed E-state index contributed by atoms with van der Waals surface area (Å²) < 4.78 is 1.85. The molecule has 4 saturated carbocycles.